The van der Waals surface area contributed by atoms with Crippen LogP contribution in [0.5, 0.6) is 0 Å². The maximum absolute atomic E-state index is 4.21. The molecule has 0 aromatic carbocycles. The minimum absolute atomic E-state index is 0.338. The molecular weight excluding hydrogens is 224 g/mol. The predicted octanol–water partition coefficient (Wildman–Crippen LogP) is 1.63. The third kappa shape index (κ3) is 2.54. The summed E-state index contributed by atoms with van der Waals surface area (Å²) < 4.78 is 5.92. The Morgan fingerprint density at radius 3 is 2.88 bits per heavy atom. The van der Waals surface area contributed by atoms with Crippen LogP contribution in [-0.4, -0.2) is 24.4 Å². The lowest BCUT2D eigenvalue weighted by Crippen LogP contribution is -2.01. The van der Waals surface area contributed by atoms with Crippen LogP contribution in [0.4, 0.5) is 5.13 Å². The van der Waals surface area contributed by atoms with Crippen molar-refractivity contribution in [3.8, 4) is 0 Å². The van der Waals surface area contributed by atoms with Crippen molar-refractivity contribution in [1.82, 2.24) is 24.4 Å². The SMILES string of the molecule is Cc1nsc(NCc2cn(C(C)C)nn2)n1. The lowest BCUT2D eigenvalue weighted by Gasteiger charge is -2.01. The normalized spacial score (nSPS) is 11.0. The van der Waals surface area contributed by atoms with E-state index in [1.807, 2.05) is 17.8 Å². The van der Waals surface area contributed by atoms with E-state index in [4.69, 9.17) is 0 Å². The Labute approximate surface area is 97.9 Å². The highest BCUT2D eigenvalue weighted by Crippen LogP contribution is 2.11. The van der Waals surface area contributed by atoms with Crippen LogP contribution in [0.2, 0.25) is 0 Å². The molecule has 0 saturated carbocycles. The van der Waals surface area contributed by atoms with Gasteiger partial charge in [-0.2, -0.15) is 4.37 Å². The van der Waals surface area contributed by atoms with Gasteiger partial charge < -0.3 is 5.32 Å². The number of hydrogen-bond donors (Lipinski definition) is 1. The Balaban J connectivity index is 1.94. The van der Waals surface area contributed by atoms with Gasteiger partial charge in [0.1, 0.15) is 11.5 Å². The zero-order valence-electron chi connectivity index (χ0n) is 9.51. The van der Waals surface area contributed by atoms with Gasteiger partial charge in [-0.1, -0.05) is 5.21 Å². The van der Waals surface area contributed by atoms with Crippen molar-refractivity contribution in [2.24, 2.45) is 0 Å². The number of nitrogens with one attached hydrogen (secondary N) is 1. The van der Waals surface area contributed by atoms with Crippen molar-refractivity contribution in [2.75, 3.05) is 5.32 Å². The maximum Gasteiger partial charge on any atom is 0.202 e. The molecule has 0 atom stereocenters. The third-order valence-corrected chi connectivity index (χ3v) is 2.80. The molecule has 7 heteroatoms. The Bertz CT molecular complexity index is 460. The van der Waals surface area contributed by atoms with E-state index < -0.39 is 0 Å². The van der Waals surface area contributed by atoms with Crippen molar-refractivity contribution in [2.45, 2.75) is 33.4 Å². The lowest BCUT2D eigenvalue weighted by atomic mass is 10.4. The van der Waals surface area contributed by atoms with Gasteiger partial charge in [0.25, 0.3) is 0 Å². The Hall–Kier alpha value is -1.50. The first-order valence-electron chi connectivity index (χ1n) is 5.10. The second-order valence-electron chi connectivity index (χ2n) is 3.78. The van der Waals surface area contributed by atoms with E-state index in [9.17, 15) is 0 Å². The molecule has 0 spiro atoms. The molecule has 1 N–H and O–H groups in total. The largest absolute Gasteiger partial charge is 0.354 e. The predicted molar refractivity (Wildman–Crippen MR) is 62.4 cm³/mol. The standard InChI is InChI=1S/C9H14N6S/c1-6(2)15-5-8(12-14-15)4-10-9-11-7(3)13-16-9/h5-6H,4H2,1-3H3,(H,10,11,13). The van der Waals surface area contributed by atoms with E-state index >= 15 is 0 Å². The van der Waals surface area contributed by atoms with Crippen molar-refractivity contribution in [3.05, 3.63) is 17.7 Å². The summed E-state index contributed by atoms with van der Waals surface area (Å²) in [7, 11) is 0. The quantitative estimate of drug-likeness (QED) is 0.876. The van der Waals surface area contributed by atoms with Gasteiger partial charge in [0.2, 0.25) is 5.13 Å². The van der Waals surface area contributed by atoms with E-state index in [1.54, 1.807) is 0 Å². The fraction of sp³-hybridized carbons (Fsp3) is 0.556. The summed E-state index contributed by atoms with van der Waals surface area (Å²) in [4.78, 5) is 4.21. The minimum atomic E-state index is 0.338. The van der Waals surface area contributed by atoms with E-state index in [1.165, 1.54) is 11.5 Å². The topological polar surface area (TPSA) is 68.5 Å². The lowest BCUT2D eigenvalue weighted by molar-refractivity contribution is 0.514. The second kappa shape index (κ2) is 4.56. The van der Waals surface area contributed by atoms with Gasteiger partial charge in [0.05, 0.1) is 12.7 Å². The van der Waals surface area contributed by atoms with Gasteiger partial charge in [-0.25, -0.2) is 9.67 Å². The fourth-order valence-corrected chi connectivity index (χ4v) is 1.75. The average molecular weight is 238 g/mol. The molecule has 2 heterocycles. The fourth-order valence-electron chi connectivity index (χ4n) is 1.18. The first kappa shape index (κ1) is 11.0. The molecule has 16 heavy (non-hydrogen) atoms. The molecule has 0 bridgehead atoms. The molecule has 2 rings (SSSR count). The number of nitrogens with zero attached hydrogens (tertiary/aromatic N) is 5. The number of aromatic nitrogens is 5. The van der Waals surface area contributed by atoms with Crippen LogP contribution in [0.15, 0.2) is 6.20 Å². The van der Waals surface area contributed by atoms with Crippen LogP contribution >= 0.6 is 11.5 Å². The van der Waals surface area contributed by atoms with Crippen LogP contribution in [0.3, 0.4) is 0 Å². The third-order valence-electron chi connectivity index (χ3n) is 2.04. The molecule has 6 nitrogen and oxygen atoms in total. The highest BCUT2D eigenvalue weighted by Gasteiger charge is 2.04. The highest BCUT2D eigenvalue weighted by molar-refractivity contribution is 7.09. The van der Waals surface area contributed by atoms with Crippen molar-refractivity contribution in [3.63, 3.8) is 0 Å². The highest BCUT2D eigenvalue weighted by atomic mass is 32.1. The van der Waals surface area contributed by atoms with Crippen molar-refractivity contribution < 1.29 is 0 Å². The molecule has 86 valence electrons. The Kier molecular flexibility index (Phi) is 3.14. The molecule has 0 saturated heterocycles. The van der Waals surface area contributed by atoms with Crippen LogP contribution in [-0.2, 0) is 6.54 Å². The van der Waals surface area contributed by atoms with Gasteiger partial charge >= 0.3 is 0 Å². The summed E-state index contributed by atoms with van der Waals surface area (Å²) in [5.41, 5.74) is 0.904. The van der Waals surface area contributed by atoms with Crippen LogP contribution in [0, 0.1) is 6.92 Å². The van der Waals surface area contributed by atoms with Crippen LogP contribution in [0.25, 0.3) is 0 Å². The maximum atomic E-state index is 4.21. The van der Waals surface area contributed by atoms with E-state index in [0.717, 1.165) is 16.6 Å². The smallest absolute Gasteiger partial charge is 0.202 e. The number of aryl methyl sites for hydroxylation is 1. The summed E-state index contributed by atoms with van der Waals surface area (Å²) in [6.45, 7) is 6.64. The summed E-state index contributed by atoms with van der Waals surface area (Å²) in [5.74, 6) is 0.790. The van der Waals surface area contributed by atoms with Gasteiger partial charge in [-0.3, -0.25) is 0 Å². The van der Waals surface area contributed by atoms with E-state index in [2.05, 4.69) is 38.8 Å². The van der Waals surface area contributed by atoms with E-state index in [-0.39, 0.29) is 0 Å². The van der Waals surface area contributed by atoms with E-state index in [0.29, 0.717) is 12.6 Å². The van der Waals surface area contributed by atoms with Gasteiger partial charge in [-0.05, 0) is 20.8 Å². The minimum Gasteiger partial charge on any atom is -0.354 e. The molecule has 2 aromatic rings. The Morgan fingerprint density at radius 1 is 1.50 bits per heavy atom. The molecule has 2 aromatic heterocycles. The summed E-state index contributed by atoms with van der Waals surface area (Å²) in [6, 6.07) is 0.338. The van der Waals surface area contributed by atoms with Crippen LogP contribution < -0.4 is 5.32 Å². The number of rotatable bonds is 4. The van der Waals surface area contributed by atoms with Gasteiger partial charge in [0, 0.05) is 17.6 Å². The molecule has 0 amide bonds. The zero-order valence-corrected chi connectivity index (χ0v) is 10.3. The zero-order chi connectivity index (χ0) is 11.5. The average Bonchev–Trinajstić information content (AvgIpc) is 2.83. The van der Waals surface area contributed by atoms with Gasteiger partial charge in [-0.15, -0.1) is 5.10 Å². The van der Waals surface area contributed by atoms with Crippen molar-refractivity contribution in [1.29, 1.82) is 0 Å². The molecule has 0 aliphatic heterocycles. The first-order valence-corrected chi connectivity index (χ1v) is 5.87. The monoisotopic (exact) mass is 238 g/mol. The van der Waals surface area contributed by atoms with Crippen LogP contribution in [0.1, 0.15) is 31.4 Å². The van der Waals surface area contributed by atoms with Crippen molar-refractivity contribution >= 4 is 16.7 Å². The number of anilines is 1. The molecule has 0 fully saturated rings. The summed E-state index contributed by atoms with van der Waals surface area (Å²) in [5, 5.41) is 12.1. The molecular formula is C9H14N6S. The molecule has 0 aliphatic carbocycles. The Morgan fingerprint density at radius 2 is 2.31 bits per heavy atom. The first-order chi connectivity index (χ1) is 7.65. The summed E-state index contributed by atoms with van der Waals surface area (Å²) >= 11 is 1.35. The van der Waals surface area contributed by atoms with Gasteiger partial charge in [0.15, 0.2) is 0 Å². The molecule has 0 aliphatic rings. The summed E-state index contributed by atoms with van der Waals surface area (Å²) in [6.07, 6.45) is 1.94. The number of hydrogen-bond acceptors (Lipinski definition) is 6. The molecule has 0 radical (unpaired) electrons. The molecule has 0 unspecified atom stereocenters. The second-order valence-corrected chi connectivity index (χ2v) is 4.54.